The van der Waals surface area contributed by atoms with E-state index in [1.807, 2.05) is 12.1 Å². The van der Waals surface area contributed by atoms with Crippen molar-refractivity contribution in [3.05, 3.63) is 65.2 Å². The number of benzene rings is 2. The number of carbonyl (C=O) groups is 1. The van der Waals surface area contributed by atoms with Crippen molar-refractivity contribution >= 4 is 29.3 Å². The van der Waals surface area contributed by atoms with E-state index in [1.54, 1.807) is 30.3 Å². The molecule has 2 rings (SSSR count). The van der Waals surface area contributed by atoms with Gasteiger partial charge in [0.15, 0.2) is 0 Å². The zero-order valence-electron chi connectivity index (χ0n) is 10.0. The van der Waals surface area contributed by atoms with Crippen LogP contribution in [0.4, 0.5) is 5.69 Å². The molecule has 0 saturated heterocycles. The first-order chi connectivity index (χ1) is 9.13. The molecule has 0 aromatic heterocycles. The number of rotatable bonds is 3. The summed E-state index contributed by atoms with van der Waals surface area (Å²) in [7, 11) is 0. The fraction of sp³-hybridized carbons (Fsp3) is 0. The Balaban J connectivity index is 2.01. The predicted octanol–water partition coefficient (Wildman–Crippen LogP) is 3.70. The van der Waals surface area contributed by atoms with E-state index in [4.69, 9.17) is 11.6 Å². The summed E-state index contributed by atoms with van der Waals surface area (Å²) in [5.41, 5.74) is 1.39. The lowest BCUT2D eigenvalue weighted by Gasteiger charge is -2.02. The van der Waals surface area contributed by atoms with Crippen molar-refractivity contribution in [3.8, 4) is 5.75 Å². The highest BCUT2D eigenvalue weighted by atomic mass is 35.5. The average Bonchev–Trinajstić information content (AvgIpc) is 2.36. The Morgan fingerprint density at radius 2 is 1.95 bits per heavy atom. The molecule has 0 unspecified atom stereocenters. The monoisotopic (exact) mass is 273 g/mol. The Morgan fingerprint density at radius 3 is 2.68 bits per heavy atom. The molecule has 0 spiro atoms. The molecule has 0 bridgehead atoms. The fourth-order valence-electron chi connectivity index (χ4n) is 1.55. The Bertz CT molecular complexity index is 623. The summed E-state index contributed by atoms with van der Waals surface area (Å²) in [5.74, 6) is -0.165. The van der Waals surface area contributed by atoms with Crippen LogP contribution >= 0.6 is 11.6 Å². The van der Waals surface area contributed by atoms with E-state index in [-0.39, 0.29) is 11.7 Å². The van der Waals surface area contributed by atoms with Crippen molar-refractivity contribution in [1.29, 1.82) is 0 Å². The summed E-state index contributed by atoms with van der Waals surface area (Å²) < 4.78 is 0. The third-order valence-electron chi connectivity index (χ3n) is 2.39. The number of anilines is 1. The van der Waals surface area contributed by atoms with Crippen LogP contribution in [-0.2, 0) is 4.79 Å². The van der Waals surface area contributed by atoms with Crippen molar-refractivity contribution in [1.82, 2.24) is 0 Å². The molecule has 0 aliphatic heterocycles. The lowest BCUT2D eigenvalue weighted by atomic mass is 10.2. The van der Waals surface area contributed by atoms with E-state index >= 15 is 0 Å². The summed E-state index contributed by atoms with van der Waals surface area (Å²) in [6.07, 6.45) is 3.08. The largest absolute Gasteiger partial charge is 0.508 e. The van der Waals surface area contributed by atoms with Crippen molar-refractivity contribution in [2.45, 2.75) is 0 Å². The Morgan fingerprint density at radius 1 is 1.16 bits per heavy atom. The maximum Gasteiger partial charge on any atom is 0.248 e. The number of hydrogen-bond acceptors (Lipinski definition) is 2. The summed E-state index contributed by atoms with van der Waals surface area (Å²) in [5, 5.41) is 12.6. The molecule has 0 aliphatic rings. The number of nitrogens with one attached hydrogen (secondary N) is 1. The molecule has 4 heteroatoms. The number of amides is 1. The first-order valence-electron chi connectivity index (χ1n) is 5.67. The van der Waals surface area contributed by atoms with Crippen LogP contribution < -0.4 is 5.32 Å². The number of phenols is 1. The molecule has 0 radical (unpaired) electrons. The standard InChI is InChI=1S/C15H12ClNO2/c16-12-4-1-3-11(9-12)7-8-15(19)17-13-5-2-6-14(18)10-13/h1-10,18H,(H,17,19)/b8-7+. The highest BCUT2D eigenvalue weighted by Crippen LogP contribution is 2.15. The molecule has 3 nitrogen and oxygen atoms in total. The maximum absolute atomic E-state index is 11.7. The van der Waals surface area contributed by atoms with Gasteiger partial charge < -0.3 is 10.4 Å². The molecule has 2 aromatic carbocycles. The maximum atomic E-state index is 11.7. The molecule has 19 heavy (non-hydrogen) atoms. The van der Waals surface area contributed by atoms with Gasteiger partial charge in [-0.2, -0.15) is 0 Å². The molecule has 2 aromatic rings. The van der Waals surface area contributed by atoms with Crippen molar-refractivity contribution in [2.24, 2.45) is 0 Å². The molecule has 96 valence electrons. The third kappa shape index (κ3) is 4.16. The second kappa shape index (κ2) is 6.07. The van der Waals surface area contributed by atoms with Gasteiger partial charge in [0.2, 0.25) is 5.91 Å². The van der Waals surface area contributed by atoms with Gasteiger partial charge in [-0.3, -0.25) is 4.79 Å². The summed E-state index contributed by atoms with van der Waals surface area (Å²) in [6, 6.07) is 13.6. The number of halogens is 1. The van der Waals surface area contributed by atoms with Crippen molar-refractivity contribution in [2.75, 3.05) is 5.32 Å². The molecule has 0 heterocycles. The van der Waals surface area contributed by atoms with Crippen molar-refractivity contribution < 1.29 is 9.90 Å². The van der Waals surface area contributed by atoms with E-state index in [0.717, 1.165) is 5.56 Å². The molecule has 0 atom stereocenters. The van der Waals surface area contributed by atoms with E-state index in [1.165, 1.54) is 18.2 Å². The number of hydrogen-bond donors (Lipinski definition) is 2. The first kappa shape index (κ1) is 13.2. The van der Waals surface area contributed by atoms with Gasteiger partial charge in [0.1, 0.15) is 5.75 Å². The molecular formula is C15H12ClNO2. The van der Waals surface area contributed by atoms with E-state index in [9.17, 15) is 9.90 Å². The van der Waals surface area contributed by atoms with E-state index in [2.05, 4.69) is 5.32 Å². The minimum atomic E-state index is -0.273. The smallest absolute Gasteiger partial charge is 0.248 e. The molecular weight excluding hydrogens is 262 g/mol. The van der Waals surface area contributed by atoms with Gasteiger partial charge in [-0.15, -0.1) is 0 Å². The molecule has 0 fully saturated rings. The second-order valence-electron chi connectivity index (χ2n) is 3.93. The predicted molar refractivity (Wildman–Crippen MR) is 77.2 cm³/mol. The molecule has 0 saturated carbocycles. The first-order valence-corrected chi connectivity index (χ1v) is 6.05. The summed E-state index contributed by atoms with van der Waals surface area (Å²) >= 11 is 5.85. The van der Waals surface area contributed by atoms with Gasteiger partial charge in [0.25, 0.3) is 0 Å². The van der Waals surface area contributed by atoms with Crippen LogP contribution in [0.1, 0.15) is 5.56 Å². The van der Waals surface area contributed by atoms with Gasteiger partial charge in [0, 0.05) is 22.9 Å². The van der Waals surface area contributed by atoms with Gasteiger partial charge in [0.05, 0.1) is 0 Å². The lowest BCUT2D eigenvalue weighted by Crippen LogP contribution is -2.07. The van der Waals surface area contributed by atoms with Crippen LogP contribution in [0.2, 0.25) is 5.02 Å². The molecule has 2 N–H and O–H groups in total. The van der Waals surface area contributed by atoms with Gasteiger partial charge in [-0.25, -0.2) is 0 Å². The van der Waals surface area contributed by atoms with Crippen LogP contribution in [0.25, 0.3) is 6.08 Å². The van der Waals surface area contributed by atoms with Crippen LogP contribution in [0.3, 0.4) is 0 Å². The highest BCUT2D eigenvalue weighted by molar-refractivity contribution is 6.30. The minimum absolute atomic E-state index is 0.108. The molecule has 1 amide bonds. The Hall–Kier alpha value is -2.26. The van der Waals surface area contributed by atoms with Crippen LogP contribution in [-0.4, -0.2) is 11.0 Å². The van der Waals surface area contributed by atoms with Gasteiger partial charge >= 0.3 is 0 Å². The Labute approximate surface area is 116 Å². The second-order valence-corrected chi connectivity index (χ2v) is 4.36. The average molecular weight is 274 g/mol. The molecule has 0 aliphatic carbocycles. The van der Waals surface area contributed by atoms with Crippen molar-refractivity contribution in [3.63, 3.8) is 0 Å². The highest BCUT2D eigenvalue weighted by Gasteiger charge is 1.98. The van der Waals surface area contributed by atoms with E-state index in [0.29, 0.717) is 10.7 Å². The third-order valence-corrected chi connectivity index (χ3v) is 2.62. The van der Waals surface area contributed by atoms with Gasteiger partial charge in [-0.1, -0.05) is 29.8 Å². The van der Waals surface area contributed by atoms with Crippen LogP contribution in [0.15, 0.2) is 54.6 Å². The normalized spacial score (nSPS) is 10.6. The van der Waals surface area contributed by atoms with E-state index < -0.39 is 0 Å². The zero-order chi connectivity index (χ0) is 13.7. The van der Waals surface area contributed by atoms with Crippen LogP contribution in [0, 0.1) is 0 Å². The summed E-state index contributed by atoms with van der Waals surface area (Å²) in [6.45, 7) is 0. The number of phenolic OH excluding ortho intramolecular Hbond substituents is 1. The minimum Gasteiger partial charge on any atom is -0.508 e. The quantitative estimate of drug-likeness (QED) is 0.838. The topological polar surface area (TPSA) is 49.3 Å². The number of aromatic hydroxyl groups is 1. The Kier molecular flexibility index (Phi) is 4.21. The SMILES string of the molecule is O=C(/C=C/c1cccc(Cl)c1)Nc1cccc(O)c1. The number of carbonyl (C=O) groups excluding carboxylic acids is 1. The summed E-state index contributed by atoms with van der Waals surface area (Å²) in [4.78, 5) is 11.7. The lowest BCUT2D eigenvalue weighted by molar-refractivity contribution is -0.111. The fourth-order valence-corrected chi connectivity index (χ4v) is 1.75. The van der Waals surface area contributed by atoms with Gasteiger partial charge in [-0.05, 0) is 35.9 Å². The zero-order valence-corrected chi connectivity index (χ0v) is 10.8. The van der Waals surface area contributed by atoms with Crippen LogP contribution in [0.5, 0.6) is 5.75 Å².